The second kappa shape index (κ2) is 9.53. The predicted molar refractivity (Wildman–Crippen MR) is 106 cm³/mol. The molecule has 0 spiro atoms. The predicted octanol–water partition coefficient (Wildman–Crippen LogP) is 2.34. The average molecular weight is 407 g/mol. The molecule has 2 rings (SSSR count). The zero-order valence-corrected chi connectivity index (χ0v) is 17.5. The van der Waals surface area contributed by atoms with Crippen LogP contribution in [-0.4, -0.2) is 70.5 Å². The van der Waals surface area contributed by atoms with Crippen molar-refractivity contribution < 1.29 is 24.1 Å². The van der Waals surface area contributed by atoms with Crippen molar-refractivity contribution in [1.82, 2.24) is 9.80 Å². The van der Waals surface area contributed by atoms with Crippen LogP contribution in [0, 0.1) is 24.1 Å². The maximum absolute atomic E-state index is 13.8. The molecule has 29 heavy (non-hydrogen) atoms. The van der Waals surface area contributed by atoms with Crippen LogP contribution in [0.4, 0.5) is 9.18 Å². The number of halogens is 1. The normalized spacial score (nSPS) is 19.0. The van der Waals surface area contributed by atoms with Crippen molar-refractivity contribution in [1.29, 1.82) is 5.26 Å². The third-order valence-corrected chi connectivity index (χ3v) is 5.05. The van der Waals surface area contributed by atoms with Gasteiger partial charge in [0.2, 0.25) is 0 Å². The Hall–Kier alpha value is -2.21. The standard InChI is InChI=1S/C21H30FN3O4/c1-14-16(5-6-18(22)17(14)11-23)19(27)13-24-8-9-25(12-15(24)7-10-26)20(28)29-21(2,3)4/h5-6,15,19,26-27H,7-10,12-13H2,1-4H3. The maximum atomic E-state index is 13.8. The molecule has 8 heteroatoms. The highest BCUT2D eigenvalue weighted by molar-refractivity contribution is 5.68. The van der Waals surface area contributed by atoms with Gasteiger partial charge in [0.25, 0.3) is 0 Å². The van der Waals surface area contributed by atoms with Crippen LogP contribution in [0.25, 0.3) is 0 Å². The topological polar surface area (TPSA) is 97.0 Å². The van der Waals surface area contributed by atoms with Gasteiger partial charge >= 0.3 is 6.09 Å². The van der Waals surface area contributed by atoms with Gasteiger partial charge in [-0.1, -0.05) is 6.07 Å². The van der Waals surface area contributed by atoms with Crippen molar-refractivity contribution in [3.63, 3.8) is 0 Å². The number of aliphatic hydroxyl groups excluding tert-OH is 2. The number of rotatable bonds is 5. The van der Waals surface area contributed by atoms with Crippen molar-refractivity contribution in [3.05, 3.63) is 34.6 Å². The minimum atomic E-state index is -0.919. The molecule has 1 heterocycles. The molecule has 2 atom stereocenters. The van der Waals surface area contributed by atoms with E-state index in [0.717, 1.165) is 0 Å². The zero-order chi connectivity index (χ0) is 21.8. The van der Waals surface area contributed by atoms with E-state index < -0.39 is 23.6 Å². The van der Waals surface area contributed by atoms with Crippen molar-refractivity contribution in [2.24, 2.45) is 0 Å². The minimum Gasteiger partial charge on any atom is -0.444 e. The number of carbonyl (C=O) groups is 1. The van der Waals surface area contributed by atoms with Gasteiger partial charge in [0.05, 0.1) is 11.7 Å². The molecule has 0 aromatic heterocycles. The molecule has 1 aromatic carbocycles. The van der Waals surface area contributed by atoms with Crippen molar-refractivity contribution >= 4 is 6.09 Å². The molecule has 0 radical (unpaired) electrons. The first-order chi connectivity index (χ1) is 13.6. The Bertz CT molecular complexity index is 772. The minimum absolute atomic E-state index is 0.0480. The van der Waals surface area contributed by atoms with Crippen LogP contribution in [0.15, 0.2) is 12.1 Å². The van der Waals surface area contributed by atoms with Crippen LogP contribution >= 0.6 is 0 Å². The summed E-state index contributed by atoms with van der Waals surface area (Å²) in [7, 11) is 0. The second-order valence-electron chi connectivity index (χ2n) is 8.35. The molecule has 1 fully saturated rings. The van der Waals surface area contributed by atoms with Gasteiger partial charge < -0.3 is 19.8 Å². The molecule has 1 saturated heterocycles. The molecule has 0 saturated carbocycles. The average Bonchev–Trinajstić information content (AvgIpc) is 2.62. The smallest absolute Gasteiger partial charge is 0.410 e. The number of hydrogen-bond donors (Lipinski definition) is 2. The molecule has 2 unspecified atom stereocenters. The first-order valence-electron chi connectivity index (χ1n) is 9.77. The van der Waals surface area contributed by atoms with E-state index >= 15 is 0 Å². The summed E-state index contributed by atoms with van der Waals surface area (Å²) in [6.07, 6.45) is -0.872. The Balaban J connectivity index is 2.11. The Morgan fingerprint density at radius 1 is 1.41 bits per heavy atom. The maximum Gasteiger partial charge on any atom is 0.410 e. The summed E-state index contributed by atoms with van der Waals surface area (Å²) >= 11 is 0. The molecule has 2 N–H and O–H groups in total. The number of carbonyl (C=O) groups excluding carboxylic acids is 1. The summed E-state index contributed by atoms with van der Waals surface area (Å²) in [4.78, 5) is 16.0. The molecule has 1 aliphatic rings. The van der Waals surface area contributed by atoms with E-state index in [1.807, 2.05) is 31.7 Å². The summed E-state index contributed by atoms with van der Waals surface area (Å²) in [5.74, 6) is -0.606. The summed E-state index contributed by atoms with van der Waals surface area (Å²) in [6.45, 7) is 8.58. The quantitative estimate of drug-likeness (QED) is 0.778. The molecular weight excluding hydrogens is 377 g/mol. The molecule has 0 aliphatic carbocycles. The van der Waals surface area contributed by atoms with E-state index in [-0.39, 0.29) is 24.8 Å². The highest BCUT2D eigenvalue weighted by Gasteiger charge is 2.33. The van der Waals surface area contributed by atoms with Gasteiger partial charge in [-0.3, -0.25) is 4.90 Å². The van der Waals surface area contributed by atoms with Crippen LogP contribution in [-0.2, 0) is 4.74 Å². The fraction of sp³-hybridized carbons (Fsp3) is 0.619. The molecule has 1 aromatic rings. The lowest BCUT2D eigenvalue weighted by atomic mass is 9.97. The fourth-order valence-corrected chi connectivity index (χ4v) is 3.56. The molecule has 1 aliphatic heterocycles. The van der Waals surface area contributed by atoms with E-state index in [2.05, 4.69) is 0 Å². The number of benzene rings is 1. The molecule has 0 bridgehead atoms. The fourth-order valence-electron chi connectivity index (χ4n) is 3.56. The van der Waals surface area contributed by atoms with E-state index in [0.29, 0.717) is 37.2 Å². The number of piperazine rings is 1. The van der Waals surface area contributed by atoms with Crippen LogP contribution < -0.4 is 0 Å². The molecule has 7 nitrogen and oxygen atoms in total. The van der Waals surface area contributed by atoms with E-state index in [1.165, 1.54) is 12.1 Å². The van der Waals surface area contributed by atoms with E-state index in [1.54, 1.807) is 11.8 Å². The lowest BCUT2D eigenvalue weighted by molar-refractivity contribution is -0.00867. The largest absolute Gasteiger partial charge is 0.444 e. The Morgan fingerprint density at radius 2 is 2.10 bits per heavy atom. The zero-order valence-electron chi connectivity index (χ0n) is 17.5. The number of aliphatic hydroxyl groups is 2. The SMILES string of the molecule is Cc1c(C(O)CN2CCN(C(=O)OC(C)(C)C)CC2CCO)ccc(F)c1C#N. The van der Waals surface area contributed by atoms with Crippen molar-refractivity contribution in [2.45, 2.75) is 51.9 Å². The molecular formula is C21H30FN3O4. The second-order valence-corrected chi connectivity index (χ2v) is 8.35. The van der Waals surface area contributed by atoms with Crippen LogP contribution in [0.3, 0.4) is 0 Å². The third-order valence-electron chi connectivity index (χ3n) is 5.05. The Kier molecular flexibility index (Phi) is 7.58. The van der Waals surface area contributed by atoms with Crippen LogP contribution in [0.2, 0.25) is 0 Å². The van der Waals surface area contributed by atoms with E-state index in [9.17, 15) is 19.4 Å². The Morgan fingerprint density at radius 3 is 2.69 bits per heavy atom. The third kappa shape index (κ3) is 5.89. The van der Waals surface area contributed by atoms with Gasteiger partial charge in [0.1, 0.15) is 17.5 Å². The monoisotopic (exact) mass is 407 g/mol. The number of ether oxygens (including phenoxy) is 1. The number of nitrogens with zero attached hydrogens (tertiary/aromatic N) is 3. The number of nitriles is 1. The van der Waals surface area contributed by atoms with Gasteiger partial charge in [-0.05, 0) is 51.3 Å². The molecule has 1 amide bonds. The van der Waals surface area contributed by atoms with Gasteiger partial charge in [-0.2, -0.15) is 5.26 Å². The lowest BCUT2D eigenvalue weighted by Crippen LogP contribution is -2.56. The first kappa shape index (κ1) is 23.1. The van der Waals surface area contributed by atoms with Gasteiger partial charge in [-0.25, -0.2) is 9.18 Å². The first-order valence-corrected chi connectivity index (χ1v) is 9.77. The number of amides is 1. The number of β-amino-alcohol motifs (C(OH)–C–C–N with tert-alkyl or cyclic N) is 1. The summed E-state index contributed by atoms with van der Waals surface area (Å²) in [5.41, 5.74) is 0.268. The molecule has 160 valence electrons. The van der Waals surface area contributed by atoms with Gasteiger partial charge in [0, 0.05) is 38.8 Å². The Labute approximate surface area is 171 Å². The number of hydrogen-bond acceptors (Lipinski definition) is 6. The van der Waals surface area contributed by atoms with Gasteiger partial charge in [0.15, 0.2) is 0 Å². The highest BCUT2D eigenvalue weighted by atomic mass is 19.1. The summed E-state index contributed by atoms with van der Waals surface area (Å²) in [6, 6.07) is 4.38. The summed E-state index contributed by atoms with van der Waals surface area (Å²) in [5, 5.41) is 29.3. The lowest BCUT2D eigenvalue weighted by Gasteiger charge is -2.42. The van der Waals surface area contributed by atoms with E-state index in [4.69, 9.17) is 10.00 Å². The summed E-state index contributed by atoms with van der Waals surface area (Å²) < 4.78 is 19.2. The van der Waals surface area contributed by atoms with Crippen LogP contribution in [0.1, 0.15) is 50.0 Å². The highest BCUT2D eigenvalue weighted by Crippen LogP contribution is 2.25. The van der Waals surface area contributed by atoms with Crippen molar-refractivity contribution in [2.75, 3.05) is 32.8 Å². The van der Waals surface area contributed by atoms with Gasteiger partial charge in [-0.15, -0.1) is 0 Å². The van der Waals surface area contributed by atoms with Crippen LogP contribution in [0.5, 0.6) is 0 Å². The van der Waals surface area contributed by atoms with Crippen molar-refractivity contribution in [3.8, 4) is 6.07 Å².